The molecule has 1 unspecified atom stereocenters. The molecule has 0 aromatic heterocycles. The van der Waals surface area contributed by atoms with Gasteiger partial charge < -0.3 is 5.73 Å². The summed E-state index contributed by atoms with van der Waals surface area (Å²) >= 11 is 3.60. The van der Waals surface area contributed by atoms with Gasteiger partial charge >= 0.3 is 0 Å². The van der Waals surface area contributed by atoms with Crippen LogP contribution >= 0.6 is 15.9 Å². The molecule has 0 heterocycles. The Balaban J connectivity index is 2.80. The monoisotopic (exact) mass is 304 g/mol. The lowest BCUT2D eigenvalue weighted by atomic mass is 9.91. The van der Waals surface area contributed by atoms with E-state index in [1.54, 1.807) is 0 Å². The van der Waals surface area contributed by atoms with E-state index in [9.17, 15) is 0 Å². The summed E-state index contributed by atoms with van der Waals surface area (Å²) in [4.78, 5) is 4.29. The van der Waals surface area contributed by atoms with Crippen molar-refractivity contribution in [2.75, 3.05) is 0 Å². The third kappa shape index (κ3) is 2.27. The van der Waals surface area contributed by atoms with Gasteiger partial charge in [0.15, 0.2) is 0 Å². The molecule has 0 amide bonds. The predicted molar refractivity (Wildman–Crippen MR) is 82.7 cm³/mol. The summed E-state index contributed by atoms with van der Waals surface area (Å²) in [6.45, 7) is 4.42. The molecule has 0 bridgehead atoms. The first-order chi connectivity index (χ1) is 8.69. The Morgan fingerprint density at radius 1 is 1.28 bits per heavy atom. The van der Waals surface area contributed by atoms with Gasteiger partial charge in [0.25, 0.3) is 0 Å². The predicted octanol–water partition coefficient (Wildman–Crippen LogP) is 4.73. The van der Waals surface area contributed by atoms with Gasteiger partial charge in [-0.1, -0.05) is 48.0 Å². The second-order valence-corrected chi connectivity index (χ2v) is 5.28. The zero-order valence-corrected chi connectivity index (χ0v) is 12.2. The average Bonchev–Trinajstić information content (AvgIpc) is 2.38. The minimum absolute atomic E-state index is 0.460. The summed E-state index contributed by atoms with van der Waals surface area (Å²) in [6.07, 6.45) is 2.45. The number of aliphatic imine (C=N–C) groups is 1. The van der Waals surface area contributed by atoms with E-state index >= 15 is 0 Å². The van der Waals surface area contributed by atoms with Crippen molar-refractivity contribution in [1.82, 2.24) is 0 Å². The number of benzene rings is 2. The fourth-order valence-corrected chi connectivity index (χ4v) is 2.74. The Labute approximate surface area is 116 Å². The molecule has 2 aromatic carbocycles. The van der Waals surface area contributed by atoms with Crippen LogP contribution < -0.4 is 5.73 Å². The zero-order valence-electron chi connectivity index (χ0n) is 10.7. The number of rotatable bonds is 3. The normalized spacial score (nSPS) is 13.3. The van der Waals surface area contributed by atoms with Crippen LogP contribution in [-0.2, 0) is 0 Å². The van der Waals surface area contributed by atoms with Crippen LogP contribution in [0.2, 0.25) is 0 Å². The zero-order chi connectivity index (χ0) is 13.1. The summed E-state index contributed by atoms with van der Waals surface area (Å²) in [5.74, 6) is 0.460. The molecule has 0 saturated carbocycles. The second kappa shape index (κ2) is 5.53. The number of nitrogens with two attached hydrogens (primary N) is 1. The van der Waals surface area contributed by atoms with E-state index in [-0.39, 0.29) is 0 Å². The fourth-order valence-electron chi connectivity index (χ4n) is 2.25. The van der Waals surface area contributed by atoms with Gasteiger partial charge in [0.1, 0.15) is 0 Å². The molecule has 2 rings (SSSR count). The lowest BCUT2D eigenvalue weighted by Crippen LogP contribution is -1.96. The highest BCUT2D eigenvalue weighted by Crippen LogP contribution is 2.37. The van der Waals surface area contributed by atoms with Crippen LogP contribution in [0.1, 0.15) is 31.7 Å². The van der Waals surface area contributed by atoms with Crippen LogP contribution in [0, 0.1) is 0 Å². The van der Waals surface area contributed by atoms with Crippen molar-refractivity contribution in [2.24, 2.45) is 10.7 Å². The molecule has 0 saturated heterocycles. The number of hydrogen-bond acceptors (Lipinski definition) is 1. The Bertz CT molecular complexity index is 590. The van der Waals surface area contributed by atoms with E-state index in [1.165, 1.54) is 22.7 Å². The van der Waals surface area contributed by atoms with E-state index in [0.29, 0.717) is 5.92 Å². The molecule has 2 nitrogen and oxygen atoms in total. The molecular weight excluding hydrogens is 288 g/mol. The average molecular weight is 305 g/mol. The first kappa shape index (κ1) is 13.1. The Hall–Kier alpha value is -1.35. The summed E-state index contributed by atoms with van der Waals surface area (Å²) in [7, 11) is 0. The molecule has 18 heavy (non-hydrogen) atoms. The summed E-state index contributed by atoms with van der Waals surface area (Å²) in [6, 6.07) is 10.4. The van der Waals surface area contributed by atoms with Gasteiger partial charge in [0.2, 0.25) is 0 Å². The first-order valence-corrected chi connectivity index (χ1v) is 6.93. The number of nitrogens with zero attached hydrogens (tertiary/aromatic N) is 1. The maximum atomic E-state index is 5.44. The van der Waals surface area contributed by atoms with Crippen molar-refractivity contribution in [3.05, 3.63) is 40.4 Å². The van der Waals surface area contributed by atoms with E-state index in [0.717, 1.165) is 16.6 Å². The van der Waals surface area contributed by atoms with Crippen molar-refractivity contribution in [2.45, 2.75) is 26.2 Å². The van der Waals surface area contributed by atoms with Crippen LogP contribution in [0.4, 0.5) is 5.69 Å². The largest absolute Gasteiger partial charge is 0.390 e. The molecule has 3 heteroatoms. The molecule has 2 N–H and O–H groups in total. The van der Waals surface area contributed by atoms with Gasteiger partial charge in [-0.05, 0) is 40.8 Å². The Kier molecular flexibility index (Phi) is 4.02. The molecular formula is C15H17BrN2. The molecule has 1 atom stereocenters. The molecule has 0 fully saturated rings. The maximum absolute atomic E-state index is 5.44. The van der Waals surface area contributed by atoms with Gasteiger partial charge in [0.05, 0.1) is 12.0 Å². The lowest BCUT2D eigenvalue weighted by molar-refractivity contribution is 0.740. The third-order valence-corrected chi connectivity index (χ3v) is 4.04. The minimum atomic E-state index is 0.460. The number of hydrogen-bond donors (Lipinski definition) is 1. The summed E-state index contributed by atoms with van der Waals surface area (Å²) in [5, 5.41) is 2.48. The minimum Gasteiger partial charge on any atom is -0.390 e. The van der Waals surface area contributed by atoms with Gasteiger partial charge in [-0.2, -0.15) is 0 Å². The van der Waals surface area contributed by atoms with Crippen molar-refractivity contribution in [1.29, 1.82) is 0 Å². The second-order valence-electron chi connectivity index (χ2n) is 4.42. The van der Waals surface area contributed by atoms with E-state index in [1.807, 2.05) is 6.07 Å². The van der Waals surface area contributed by atoms with Crippen LogP contribution in [0.3, 0.4) is 0 Å². The molecule has 0 spiro atoms. The van der Waals surface area contributed by atoms with Crippen LogP contribution in [0.25, 0.3) is 10.8 Å². The van der Waals surface area contributed by atoms with Gasteiger partial charge in [-0.3, -0.25) is 0 Å². The van der Waals surface area contributed by atoms with E-state index < -0.39 is 0 Å². The highest BCUT2D eigenvalue weighted by Gasteiger charge is 2.13. The smallest absolute Gasteiger partial charge is 0.0860 e. The fraction of sp³-hybridized carbons (Fsp3) is 0.267. The van der Waals surface area contributed by atoms with Crippen molar-refractivity contribution in [3.8, 4) is 0 Å². The summed E-state index contributed by atoms with van der Waals surface area (Å²) in [5.41, 5.74) is 7.69. The van der Waals surface area contributed by atoms with Crippen molar-refractivity contribution < 1.29 is 0 Å². The highest BCUT2D eigenvalue weighted by atomic mass is 79.9. The number of halogens is 1. The molecule has 0 aliphatic carbocycles. The topological polar surface area (TPSA) is 38.4 Å². The van der Waals surface area contributed by atoms with Gasteiger partial charge in [-0.25, -0.2) is 4.99 Å². The molecule has 2 aromatic rings. The lowest BCUT2D eigenvalue weighted by Gasteiger charge is -2.16. The molecule has 94 valence electrons. The van der Waals surface area contributed by atoms with Gasteiger partial charge in [-0.15, -0.1) is 0 Å². The first-order valence-electron chi connectivity index (χ1n) is 6.14. The van der Waals surface area contributed by atoms with Crippen molar-refractivity contribution >= 4 is 38.7 Å². The highest BCUT2D eigenvalue weighted by molar-refractivity contribution is 9.10. The Morgan fingerprint density at radius 2 is 2.06 bits per heavy atom. The van der Waals surface area contributed by atoms with Crippen LogP contribution in [0.15, 0.2) is 39.8 Å². The SMILES string of the molecule is CCC(C)c1c(N=CN)ccc2c(Br)cccc12. The maximum Gasteiger partial charge on any atom is 0.0860 e. The van der Waals surface area contributed by atoms with Crippen molar-refractivity contribution in [3.63, 3.8) is 0 Å². The summed E-state index contributed by atoms with van der Waals surface area (Å²) < 4.78 is 1.12. The molecule has 0 aliphatic rings. The molecule has 0 aliphatic heterocycles. The van der Waals surface area contributed by atoms with E-state index in [2.05, 4.69) is 59.0 Å². The van der Waals surface area contributed by atoms with Crippen LogP contribution in [-0.4, -0.2) is 6.34 Å². The van der Waals surface area contributed by atoms with Gasteiger partial charge in [0, 0.05) is 4.47 Å². The quantitative estimate of drug-likeness (QED) is 0.646. The molecule has 0 radical (unpaired) electrons. The van der Waals surface area contributed by atoms with Crippen LogP contribution in [0.5, 0.6) is 0 Å². The number of fused-ring (bicyclic) bond motifs is 1. The van der Waals surface area contributed by atoms with E-state index in [4.69, 9.17) is 5.73 Å². The standard InChI is InChI=1S/C15H17BrN2/c1-3-10(2)15-12-5-4-6-13(16)11(12)7-8-14(15)18-9-17/h4-10H,3H2,1-2H3,(H2,17,18). The Morgan fingerprint density at radius 3 is 2.72 bits per heavy atom. The third-order valence-electron chi connectivity index (χ3n) is 3.35.